The zero-order valence-corrected chi connectivity index (χ0v) is 17.4. The number of nitriles is 1. The summed E-state index contributed by atoms with van der Waals surface area (Å²) in [6, 6.07) is 13.8. The monoisotopic (exact) mass is 423 g/mol. The van der Waals surface area contributed by atoms with E-state index in [0.717, 1.165) is 38.3 Å². The average molecular weight is 423 g/mol. The molecule has 1 saturated heterocycles. The average Bonchev–Trinajstić information content (AvgIpc) is 3.03. The molecule has 3 rings (SSSR count). The smallest absolute Gasteiger partial charge is 0.273 e. The molecule has 0 unspecified atom stereocenters. The molecule has 1 aliphatic rings. The molecule has 1 N–H and O–H groups in total. The first kappa shape index (κ1) is 22.1. The van der Waals surface area contributed by atoms with E-state index in [1.54, 1.807) is 0 Å². The summed E-state index contributed by atoms with van der Waals surface area (Å²) < 4.78 is 5.16. The first-order chi connectivity index (χ1) is 15.0. The number of amides is 1. The second-order valence-electron chi connectivity index (χ2n) is 7.28. The van der Waals surface area contributed by atoms with Crippen LogP contribution in [0.15, 0.2) is 42.5 Å². The molecule has 1 amide bonds. The van der Waals surface area contributed by atoms with Gasteiger partial charge in [0.2, 0.25) is 5.91 Å². The van der Waals surface area contributed by atoms with Gasteiger partial charge in [-0.3, -0.25) is 14.9 Å². The number of nitro benzene ring substituents is 1. The van der Waals surface area contributed by atoms with Gasteiger partial charge in [-0.05, 0) is 43.3 Å². The molecular formula is C22H25N5O4. The molecule has 0 saturated carbocycles. The van der Waals surface area contributed by atoms with Crippen LogP contribution in [0, 0.1) is 21.4 Å². The lowest BCUT2D eigenvalue weighted by Crippen LogP contribution is -2.32. The van der Waals surface area contributed by atoms with Crippen LogP contribution < -0.4 is 15.0 Å². The van der Waals surface area contributed by atoms with Crippen molar-refractivity contribution < 1.29 is 14.5 Å². The number of carbonyl (C=O) groups excluding carboxylic acids is 1. The van der Waals surface area contributed by atoms with E-state index in [2.05, 4.69) is 21.2 Å². The number of carbonyl (C=O) groups is 1. The number of hydrogen-bond donors (Lipinski definition) is 1. The highest BCUT2D eigenvalue weighted by Gasteiger charge is 2.17. The molecule has 0 bridgehead atoms. The molecule has 0 atom stereocenters. The van der Waals surface area contributed by atoms with Crippen molar-refractivity contribution in [3.63, 3.8) is 0 Å². The second kappa shape index (κ2) is 10.4. The van der Waals surface area contributed by atoms with Gasteiger partial charge in [-0.2, -0.15) is 5.26 Å². The Hall–Kier alpha value is -3.64. The van der Waals surface area contributed by atoms with E-state index in [-0.39, 0.29) is 17.3 Å². The summed E-state index contributed by atoms with van der Waals surface area (Å²) >= 11 is 0. The molecule has 2 aromatic carbocycles. The molecule has 9 heteroatoms. The van der Waals surface area contributed by atoms with E-state index in [9.17, 15) is 14.9 Å². The Morgan fingerprint density at radius 2 is 1.97 bits per heavy atom. The lowest BCUT2D eigenvalue weighted by molar-refractivity contribution is -0.384. The number of non-ortho nitro benzene ring substituents is 1. The first-order valence-corrected chi connectivity index (χ1v) is 10.1. The van der Waals surface area contributed by atoms with Crippen molar-refractivity contribution in [2.75, 3.05) is 50.1 Å². The minimum atomic E-state index is -0.505. The molecule has 0 spiro atoms. The third-order valence-corrected chi connectivity index (χ3v) is 5.28. The first-order valence-electron chi connectivity index (χ1n) is 10.1. The lowest BCUT2D eigenvalue weighted by atomic mass is 10.2. The minimum absolute atomic E-state index is 0.0915. The van der Waals surface area contributed by atoms with Gasteiger partial charge in [0.1, 0.15) is 5.75 Å². The van der Waals surface area contributed by atoms with E-state index >= 15 is 0 Å². The third kappa shape index (κ3) is 5.93. The predicted octanol–water partition coefficient (Wildman–Crippen LogP) is 3.02. The topological polar surface area (TPSA) is 112 Å². The Bertz CT molecular complexity index is 971. The summed E-state index contributed by atoms with van der Waals surface area (Å²) in [5.41, 5.74) is 2.08. The van der Waals surface area contributed by atoms with Crippen LogP contribution in [-0.4, -0.2) is 55.6 Å². The summed E-state index contributed by atoms with van der Waals surface area (Å²) in [6.45, 7) is 4.15. The lowest BCUT2D eigenvalue weighted by Gasteiger charge is -2.23. The van der Waals surface area contributed by atoms with Gasteiger partial charge < -0.3 is 19.9 Å². The number of benzene rings is 2. The van der Waals surface area contributed by atoms with Crippen LogP contribution in [0.25, 0.3) is 0 Å². The van der Waals surface area contributed by atoms with E-state index in [4.69, 9.17) is 10.00 Å². The molecule has 0 aliphatic carbocycles. The summed E-state index contributed by atoms with van der Waals surface area (Å²) in [5, 5.41) is 22.6. The van der Waals surface area contributed by atoms with Gasteiger partial charge in [0, 0.05) is 44.4 Å². The van der Waals surface area contributed by atoms with Crippen LogP contribution in [0.1, 0.15) is 18.4 Å². The van der Waals surface area contributed by atoms with Crippen LogP contribution in [0.4, 0.5) is 17.1 Å². The highest BCUT2D eigenvalue weighted by atomic mass is 16.6. The van der Waals surface area contributed by atoms with Gasteiger partial charge >= 0.3 is 0 Å². The number of hydrogen-bond acceptors (Lipinski definition) is 7. The fourth-order valence-electron chi connectivity index (χ4n) is 3.57. The van der Waals surface area contributed by atoms with Crippen molar-refractivity contribution >= 4 is 23.0 Å². The van der Waals surface area contributed by atoms with Gasteiger partial charge in [-0.1, -0.05) is 0 Å². The van der Waals surface area contributed by atoms with Crippen LogP contribution in [0.3, 0.4) is 0 Å². The van der Waals surface area contributed by atoms with Crippen LogP contribution in [0.2, 0.25) is 0 Å². The van der Waals surface area contributed by atoms with E-state index in [0.29, 0.717) is 24.2 Å². The number of nitrogens with zero attached hydrogens (tertiary/aromatic N) is 4. The molecule has 1 fully saturated rings. The summed E-state index contributed by atoms with van der Waals surface area (Å²) in [7, 11) is 1.41. The Balaban J connectivity index is 1.50. The number of nitrogens with one attached hydrogen (secondary N) is 1. The molecule has 162 valence electrons. The molecule has 0 radical (unpaired) electrons. The van der Waals surface area contributed by atoms with E-state index in [1.807, 2.05) is 24.3 Å². The number of rotatable bonds is 7. The Labute approximate surface area is 181 Å². The molecule has 1 aliphatic heterocycles. The number of ether oxygens (including phenoxy) is 1. The Morgan fingerprint density at radius 1 is 1.19 bits per heavy atom. The quantitative estimate of drug-likeness (QED) is 0.538. The van der Waals surface area contributed by atoms with Crippen LogP contribution in [0.5, 0.6) is 5.75 Å². The zero-order valence-electron chi connectivity index (χ0n) is 17.4. The molecule has 0 aromatic heterocycles. The zero-order chi connectivity index (χ0) is 22.2. The number of anilines is 2. The summed E-state index contributed by atoms with van der Waals surface area (Å²) in [5.74, 6) is 0.0933. The SMILES string of the molecule is COc1cc([N+](=O)[O-])ccc1NC(=O)CCN1CCCN(c2ccc(C#N)cc2)CC1. The summed E-state index contributed by atoms with van der Waals surface area (Å²) in [4.78, 5) is 27.4. The maximum Gasteiger partial charge on any atom is 0.273 e. The Kier molecular flexibility index (Phi) is 7.40. The fourth-order valence-corrected chi connectivity index (χ4v) is 3.57. The fraction of sp³-hybridized carbons (Fsp3) is 0.364. The molecule has 9 nitrogen and oxygen atoms in total. The van der Waals surface area contributed by atoms with Crippen molar-refractivity contribution in [3.8, 4) is 11.8 Å². The van der Waals surface area contributed by atoms with Crippen molar-refractivity contribution in [1.29, 1.82) is 5.26 Å². The number of nitro groups is 1. The van der Waals surface area contributed by atoms with Gasteiger partial charge in [0.25, 0.3) is 5.69 Å². The second-order valence-corrected chi connectivity index (χ2v) is 7.28. The highest BCUT2D eigenvalue weighted by Crippen LogP contribution is 2.29. The van der Waals surface area contributed by atoms with Crippen molar-refractivity contribution in [1.82, 2.24) is 4.90 Å². The van der Waals surface area contributed by atoms with E-state index < -0.39 is 4.92 Å². The molecule has 2 aromatic rings. The van der Waals surface area contributed by atoms with Gasteiger partial charge in [-0.25, -0.2) is 0 Å². The van der Waals surface area contributed by atoms with Crippen molar-refractivity contribution in [3.05, 3.63) is 58.1 Å². The van der Waals surface area contributed by atoms with Crippen LogP contribution >= 0.6 is 0 Å². The largest absolute Gasteiger partial charge is 0.494 e. The van der Waals surface area contributed by atoms with Gasteiger partial charge in [0.15, 0.2) is 0 Å². The maximum absolute atomic E-state index is 12.4. The standard InChI is InChI=1S/C22H25N5O4/c1-31-21-15-19(27(29)30)7-8-20(21)24-22(28)9-12-25-10-2-11-26(14-13-25)18-5-3-17(16-23)4-6-18/h3-8,15H,2,9-14H2,1H3,(H,24,28). The minimum Gasteiger partial charge on any atom is -0.494 e. The molecule has 31 heavy (non-hydrogen) atoms. The van der Waals surface area contributed by atoms with E-state index in [1.165, 1.54) is 25.3 Å². The summed E-state index contributed by atoms with van der Waals surface area (Å²) in [6.07, 6.45) is 1.30. The maximum atomic E-state index is 12.4. The van der Waals surface area contributed by atoms with Gasteiger partial charge in [-0.15, -0.1) is 0 Å². The van der Waals surface area contributed by atoms with Crippen molar-refractivity contribution in [2.45, 2.75) is 12.8 Å². The van der Waals surface area contributed by atoms with Crippen LogP contribution in [-0.2, 0) is 4.79 Å². The normalized spacial score (nSPS) is 14.4. The van der Waals surface area contributed by atoms with Gasteiger partial charge in [0.05, 0.1) is 35.4 Å². The molecule has 1 heterocycles. The number of methoxy groups -OCH3 is 1. The van der Waals surface area contributed by atoms with Crippen molar-refractivity contribution in [2.24, 2.45) is 0 Å². The highest BCUT2D eigenvalue weighted by molar-refractivity contribution is 5.92. The third-order valence-electron chi connectivity index (χ3n) is 5.28. The Morgan fingerprint density at radius 3 is 2.65 bits per heavy atom. The predicted molar refractivity (Wildman–Crippen MR) is 117 cm³/mol. The molecular weight excluding hydrogens is 398 g/mol.